The average Bonchev–Trinajstić information content (AvgIpc) is 3.49. The Morgan fingerprint density at radius 2 is 1.70 bits per heavy atom. The van der Waals surface area contributed by atoms with Crippen LogP contribution in [0.5, 0.6) is 0 Å². The lowest BCUT2D eigenvalue weighted by Gasteiger charge is -2.15. The van der Waals surface area contributed by atoms with Gasteiger partial charge in [-0.05, 0) is 66.0 Å². The summed E-state index contributed by atoms with van der Waals surface area (Å²) in [5, 5.41) is 0. The van der Waals surface area contributed by atoms with Gasteiger partial charge in [0, 0.05) is 24.7 Å². The molecule has 0 aliphatic heterocycles. The highest BCUT2D eigenvalue weighted by atomic mass is 16.1. The molecule has 1 fully saturated rings. The Kier molecular flexibility index (Phi) is 4.89. The number of ketones is 1. The molecule has 0 radical (unpaired) electrons. The van der Waals surface area contributed by atoms with Crippen molar-refractivity contribution in [2.24, 2.45) is 0 Å². The summed E-state index contributed by atoms with van der Waals surface area (Å²) in [5.41, 5.74) is 6.10. The minimum Gasteiger partial charge on any atom is -0.299 e. The zero-order valence-electron chi connectivity index (χ0n) is 15.8. The van der Waals surface area contributed by atoms with Crippen LogP contribution >= 0.6 is 0 Å². The molecular weight excluding hydrogens is 330 g/mol. The molecule has 1 aliphatic carbocycles. The Labute approximate surface area is 161 Å². The first kappa shape index (κ1) is 17.7. The first-order valence-electron chi connectivity index (χ1n) is 9.74. The van der Waals surface area contributed by atoms with Crippen LogP contribution < -0.4 is 0 Å². The van der Waals surface area contributed by atoms with E-state index in [2.05, 4.69) is 65.6 Å². The molecule has 0 unspecified atom stereocenters. The van der Waals surface area contributed by atoms with Gasteiger partial charge < -0.3 is 0 Å². The predicted octanol–water partition coefficient (Wildman–Crippen LogP) is 5.68. The van der Waals surface area contributed by atoms with E-state index in [-0.39, 0.29) is 5.41 Å². The van der Waals surface area contributed by atoms with Gasteiger partial charge >= 0.3 is 0 Å². The van der Waals surface area contributed by atoms with Crippen LogP contribution in [-0.4, -0.2) is 10.8 Å². The zero-order chi connectivity index (χ0) is 18.7. The number of hydrogen-bond acceptors (Lipinski definition) is 2. The Hall–Kier alpha value is -2.74. The molecule has 2 nitrogen and oxygen atoms in total. The summed E-state index contributed by atoms with van der Waals surface area (Å²) >= 11 is 0. The molecule has 1 aliphatic rings. The maximum atomic E-state index is 12.5. The van der Waals surface area contributed by atoms with E-state index in [9.17, 15) is 4.79 Å². The molecule has 27 heavy (non-hydrogen) atoms. The number of aromatic nitrogens is 1. The second kappa shape index (κ2) is 7.48. The molecule has 0 atom stereocenters. The fraction of sp³-hybridized carbons (Fsp3) is 0.280. The number of Topliss-reactive ketones (excluding diaryl/α,β-unsaturated/α-hetero) is 1. The van der Waals surface area contributed by atoms with Gasteiger partial charge in [-0.1, -0.05) is 54.6 Å². The number of pyridine rings is 1. The SMILES string of the molecule is Cc1cc(-c2ccc(CC(=O)CCC3(c4ccccc4)CC3)cc2)ccn1. The van der Waals surface area contributed by atoms with Crippen molar-refractivity contribution in [2.75, 3.05) is 0 Å². The van der Waals surface area contributed by atoms with Crippen molar-refractivity contribution in [3.8, 4) is 11.1 Å². The second-order valence-corrected chi connectivity index (χ2v) is 7.74. The van der Waals surface area contributed by atoms with Crippen molar-refractivity contribution in [1.82, 2.24) is 4.98 Å². The molecule has 0 spiro atoms. The molecule has 2 aromatic carbocycles. The van der Waals surface area contributed by atoms with Crippen molar-refractivity contribution in [3.05, 3.63) is 89.7 Å². The van der Waals surface area contributed by atoms with Crippen LogP contribution in [0.1, 0.15) is 42.5 Å². The van der Waals surface area contributed by atoms with E-state index in [1.54, 1.807) is 0 Å². The first-order chi connectivity index (χ1) is 13.1. The van der Waals surface area contributed by atoms with Crippen LogP contribution in [0.2, 0.25) is 0 Å². The normalized spacial score (nSPS) is 14.7. The molecule has 0 bridgehead atoms. The standard InChI is InChI=1S/C25H25NO/c1-19-17-22(12-16-26-19)21-9-7-20(8-10-21)18-24(27)11-13-25(14-15-25)23-5-3-2-4-6-23/h2-10,12,16-17H,11,13-15,18H2,1H3. The van der Waals surface area contributed by atoms with E-state index in [4.69, 9.17) is 0 Å². The van der Waals surface area contributed by atoms with Crippen molar-refractivity contribution in [2.45, 2.75) is 44.4 Å². The van der Waals surface area contributed by atoms with Gasteiger partial charge in [0.15, 0.2) is 0 Å². The van der Waals surface area contributed by atoms with Crippen LogP contribution in [0.15, 0.2) is 72.9 Å². The van der Waals surface area contributed by atoms with Crippen LogP contribution in [0.4, 0.5) is 0 Å². The quantitative estimate of drug-likeness (QED) is 0.546. The third-order valence-electron chi connectivity index (χ3n) is 5.71. The smallest absolute Gasteiger partial charge is 0.137 e. The van der Waals surface area contributed by atoms with Crippen molar-refractivity contribution in [3.63, 3.8) is 0 Å². The third-order valence-corrected chi connectivity index (χ3v) is 5.71. The van der Waals surface area contributed by atoms with Crippen molar-refractivity contribution >= 4 is 5.78 Å². The summed E-state index contributed by atoms with van der Waals surface area (Å²) in [6, 6.07) is 23.1. The fourth-order valence-electron chi connectivity index (χ4n) is 3.86. The van der Waals surface area contributed by atoms with Gasteiger partial charge in [-0.15, -0.1) is 0 Å². The molecule has 2 heteroatoms. The summed E-state index contributed by atoms with van der Waals surface area (Å²) < 4.78 is 0. The molecule has 136 valence electrons. The van der Waals surface area contributed by atoms with Gasteiger partial charge in [-0.3, -0.25) is 9.78 Å². The number of hydrogen-bond donors (Lipinski definition) is 0. The van der Waals surface area contributed by atoms with Crippen LogP contribution in [0, 0.1) is 6.92 Å². The van der Waals surface area contributed by atoms with Gasteiger partial charge in [0.05, 0.1) is 0 Å². The van der Waals surface area contributed by atoms with E-state index in [0.29, 0.717) is 18.6 Å². The lowest BCUT2D eigenvalue weighted by atomic mass is 9.89. The van der Waals surface area contributed by atoms with Gasteiger partial charge in [-0.25, -0.2) is 0 Å². The van der Waals surface area contributed by atoms with E-state index >= 15 is 0 Å². The lowest BCUT2D eigenvalue weighted by Crippen LogP contribution is -2.11. The molecule has 3 aromatic rings. The van der Waals surface area contributed by atoms with E-state index in [0.717, 1.165) is 23.2 Å². The zero-order valence-corrected chi connectivity index (χ0v) is 15.8. The maximum absolute atomic E-state index is 12.5. The van der Waals surface area contributed by atoms with Gasteiger partial charge in [0.1, 0.15) is 5.78 Å². The van der Waals surface area contributed by atoms with E-state index < -0.39 is 0 Å². The molecule has 0 saturated heterocycles. The Bertz CT molecular complexity index is 924. The average molecular weight is 355 g/mol. The summed E-state index contributed by atoms with van der Waals surface area (Å²) in [5.74, 6) is 0.338. The summed E-state index contributed by atoms with van der Waals surface area (Å²) in [6.07, 6.45) is 6.43. The highest BCUT2D eigenvalue weighted by Gasteiger charge is 2.43. The van der Waals surface area contributed by atoms with Crippen LogP contribution in [0.25, 0.3) is 11.1 Å². The Morgan fingerprint density at radius 3 is 2.37 bits per heavy atom. The molecule has 0 N–H and O–H groups in total. The molecule has 4 rings (SSSR count). The predicted molar refractivity (Wildman–Crippen MR) is 110 cm³/mol. The number of carbonyl (C=O) groups excluding carboxylic acids is 1. The highest BCUT2D eigenvalue weighted by molar-refractivity contribution is 5.81. The van der Waals surface area contributed by atoms with Gasteiger partial charge in [0.25, 0.3) is 0 Å². The number of rotatable bonds is 7. The van der Waals surface area contributed by atoms with Gasteiger partial charge in [-0.2, -0.15) is 0 Å². The largest absolute Gasteiger partial charge is 0.299 e. The molecule has 1 aromatic heterocycles. The maximum Gasteiger partial charge on any atom is 0.137 e. The summed E-state index contributed by atoms with van der Waals surface area (Å²) in [7, 11) is 0. The van der Waals surface area contributed by atoms with Crippen molar-refractivity contribution in [1.29, 1.82) is 0 Å². The Balaban J connectivity index is 1.35. The number of carbonyl (C=O) groups is 1. The Morgan fingerprint density at radius 1 is 0.963 bits per heavy atom. The number of nitrogens with zero attached hydrogens (tertiary/aromatic N) is 1. The topological polar surface area (TPSA) is 30.0 Å². The number of benzene rings is 2. The fourth-order valence-corrected chi connectivity index (χ4v) is 3.86. The van der Waals surface area contributed by atoms with Crippen molar-refractivity contribution < 1.29 is 4.79 Å². The molecule has 0 amide bonds. The lowest BCUT2D eigenvalue weighted by molar-refractivity contribution is -0.118. The summed E-state index contributed by atoms with van der Waals surface area (Å²) in [4.78, 5) is 16.8. The molecular formula is C25H25NO. The van der Waals surface area contributed by atoms with Crippen LogP contribution in [0.3, 0.4) is 0 Å². The first-order valence-corrected chi connectivity index (χ1v) is 9.74. The monoisotopic (exact) mass is 355 g/mol. The summed E-state index contributed by atoms with van der Waals surface area (Å²) in [6.45, 7) is 2.00. The van der Waals surface area contributed by atoms with Gasteiger partial charge in [0.2, 0.25) is 0 Å². The minimum absolute atomic E-state index is 0.264. The van der Waals surface area contributed by atoms with E-state index in [1.165, 1.54) is 24.0 Å². The minimum atomic E-state index is 0.264. The highest BCUT2D eigenvalue weighted by Crippen LogP contribution is 2.51. The third kappa shape index (κ3) is 4.16. The van der Waals surface area contributed by atoms with Crippen LogP contribution in [-0.2, 0) is 16.6 Å². The number of aryl methyl sites for hydroxylation is 1. The molecule has 1 heterocycles. The van der Waals surface area contributed by atoms with E-state index in [1.807, 2.05) is 19.2 Å². The molecule has 1 saturated carbocycles. The second-order valence-electron chi connectivity index (χ2n) is 7.74.